The van der Waals surface area contributed by atoms with E-state index in [1.165, 1.54) is 12.1 Å². The Hall–Kier alpha value is -2.40. The van der Waals surface area contributed by atoms with Crippen LogP contribution < -0.4 is 15.8 Å². The van der Waals surface area contributed by atoms with Crippen molar-refractivity contribution in [2.45, 2.75) is 25.5 Å². The zero-order chi connectivity index (χ0) is 16.7. The highest BCUT2D eigenvalue weighted by Gasteiger charge is 2.12. The molecular weight excluding hydrogens is 295 g/mol. The van der Waals surface area contributed by atoms with Crippen molar-refractivity contribution >= 4 is 5.91 Å². The minimum absolute atomic E-state index is 0.143. The Balaban J connectivity index is 1.75. The summed E-state index contributed by atoms with van der Waals surface area (Å²) in [7, 11) is 0. The number of hydrogen-bond donors (Lipinski definition) is 2. The molecule has 0 saturated heterocycles. The van der Waals surface area contributed by atoms with E-state index in [1.807, 2.05) is 37.3 Å². The first-order valence-electron chi connectivity index (χ1n) is 7.54. The Morgan fingerprint density at radius 2 is 1.96 bits per heavy atom. The van der Waals surface area contributed by atoms with Crippen LogP contribution in [0.15, 0.2) is 54.6 Å². The van der Waals surface area contributed by atoms with Crippen molar-refractivity contribution in [2.75, 3.05) is 6.54 Å². The number of carbonyl (C=O) groups excluding carboxylic acids is 1. The molecule has 0 heterocycles. The summed E-state index contributed by atoms with van der Waals surface area (Å²) in [5, 5.41) is 2.78. The van der Waals surface area contributed by atoms with Gasteiger partial charge in [0.2, 0.25) is 5.91 Å². The monoisotopic (exact) mass is 316 g/mol. The third-order valence-electron chi connectivity index (χ3n) is 3.35. The summed E-state index contributed by atoms with van der Waals surface area (Å²) >= 11 is 0. The van der Waals surface area contributed by atoms with Gasteiger partial charge in [-0.2, -0.15) is 0 Å². The van der Waals surface area contributed by atoms with E-state index in [9.17, 15) is 9.18 Å². The lowest BCUT2D eigenvalue weighted by atomic mass is 10.0. The van der Waals surface area contributed by atoms with Crippen LogP contribution >= 0.6 is 0 Å². The highest BCUT2D eigenvalue weighted by atomic mass is 19.1. The Morgan fingerprint density at radius 3 is 2.65 bits per heavy atom. The Kier molecular flexibility index (Phi) is 6.11. The molecule has 0 aliphatic rings. The van der Waals surface area contributed by atoms with Gasteiger partial charge in [0, 0.05) is 18.5 Å². The van der Waals surface area contributed by atoms with Crippen LogP contribution in [0.2, 0.25) is 0 Å². The molecule has 2 atom stereocenters. The van der Waals surface area contributed by atoms with E-state index in [0.29, 0.717) is 12.3 Å². The number of carbonyl (C=O) groups is 1. The minimum Gasteiger partial charge on any atom is -0.489 e. The van der Waals surface area contributed by atoms with Crippen LogP contribution in [0.25, 0.3) is 0 Å². The summed E-state index contributed by atoms with van der Waals surface area (Å²) in [6.07, 6.45) is -0.0647. The van der Waals surface area contributed by atoms with Gasteiger partial charge in [0.25, 0.3) is 0 Å². The molecule has 2 rings (SSSR count). The van der Waals surface area contributed by atoms with Crippen molar-refractivity contribution in [1.29, 1.82) is 0 Å². The summed E-state index contributed by atoms with van der Waals surface area (Å²) < 4.78 is 18.6. The standard InChI is InChI=1S/C18H21FN2O2/c1-13(23-16-9-5-8-15(19)10-16)12-21-18(22)11-17(20)14-6-3-2-4-7-14/h2-10,13,17H,11-12,20H2,1H3,(H,21,22). The first-order valence-corrected chi connectivity index (χ1v) is 7.54. The van der Waals surface area contributed by atoms with Gasteiger partial charge in [-0.15, -0.1) is 0 Å². The van der Waals surface area contributed by atoms with Gasteiger partial charge in [-0.3, -0.25) is 4.79 Å². The molecule has 2 aromatic rings. The molecule has 1 amide bonds. The van der Waals surface area contributed by atoms with Crippen LogP contribution in [0, 0.1) is 5.82 Å². The van der Waals surface area contributed by atoms with Crippen molar-refractivity contribution in [3.8, 4) is 5.75 Å². The van der Waals surface area contributed by atoms with E-state index in [1.54, 1.807) is 12.1 Å². The number of benzene rings is 2. The summed E-state index contributed by atoms with van der Waals surface area (Å²) in [5.41, 5.74) is 6.93. The van der Waals surface area contributed by atoms with Crippen LogP contribution in [-0.2, 0) is 4.79 Å². The number of ether oxygens (including phenoxy) is 1. The molecule has 0 aliphatic carbocycles. The lowest BCUT2D eigenvalue weighted by molar-refractivity contribution is -0.121. The maximum atomic E-state index is 13.1. The normalized spacial score (nSPS) is 13.2. The Morgan fingerprint density at radius 1 is 1.22 bits per heavy atom. The number of amides is 1. The Bertz CT molecular complexity index is 634. The SMILES string of the molecule is CC(CNC(=O)CC(N)c1ccccc1)Oc1cccc(F)c1. The number of hydrogen-bond acceptors (Lipinski definition) is 3. The average molecular weight is 316 g/mol. The van der Waals surface area contributed by atoms with Gasteiger partial charge in [-0.05, 0) is 24.6 Å². The molecule has 0 aromatic heterocycles. The molecule has 0 fully saturated rings. The lowest BCUT2D eigenvalue weighted by Crippen LogP contribution is -2.35. The van der Waals surface area contributed by atoms with Crippen molar-refractivity contribution in [1.82, 2.24) is 5.32 Å². The van der Waals surface area contributed by atoms with Gasteiger partial charge in [-0.25, -0.2) is 4.39 Å². The fourth-order valence-corrected chi connectivity index (χ4v) is 2.16. The van der Waals surface area contributed by atoms with Crippen LogP contribution in [0.4, 0.5) is 4.39 Å². The smallest absolute Gasteiger partial charge is 0.222 e. The molecule has 0 aliphatic heterocycles. The molecule has 5 heteroatoms. The molecular formula is C18H21FN2O2. The van der Waals surface area contributed by atoms with Gasteiger partial charge in [-0.1, -0.05) is 36.4 Å². The average Bonchev–Trinajstić information content (AvgIpc) is 2.54. The van der Waals surface area contributed by atoms with E-state index in [2.05, 4.69) is 5.32 Å². The largest absolute Gasteiger partial charge is 0.489 e. The zero-order valence-corrected chi connectivity index (χ0v) is 13.0. The van der Waals surface area contributed by atoms with Gasteiger partial charge in [0.15, 0.2) is 0 Å². The number of halogens is 1. The maximum Gasteiger partial charge on any atom is 0.222 e. The maximum absolute atomic E-state index is 13.1. The summed E-state index contributed by atoms with van der Waals surface area (Å²) in [6.45, 7) is 2.14. The summed E-state index contributed by atoms with van der Waals surface area (Å²) in [5.74, 6) is -0.0589. The molecule has 0 radical (unpaired) electrons. The molecule has 0 saturated carbocycles. The molecule has 122 valence electrons. The molecule has 23 heavy (non-hydrogen) atoms. The second-order valence-electron chi connectivity index (χ2n) is 5.41. The van der Waals surface area contributed by atoms with E-state index in [4.69, 9.17) is 10.5 Å². The summed E-state index contributed by atoms with van der Waals surface area (Å²) in [6, 6.07) is 15.1. The van der Waals surface area contributed by atoms with Crippen molar-refractivity contribution in [3.63, 3.8) is 0 Å². The Labute approximate surface area is 135 Å². The third kappa shape index (κ3) is 5.71. The van der Waals surface area contributed by atoms with Crippen molar-refractivity contribution in [2.24, 2.45) is 5.73 Å². The van der Waals surface area contributed by atoms with Crippen molar-refractivity contribution < 1.29 is 13.9 Å². The quantitative estimate of drug-likeness (QED) is 0.825. The first kappa shape index (κ1) is 17.0. The van der Waals surface area contributed by atoms with E-state index < -0.39 is 0 Å². The van der Waals surface area contributed by atoms with Gasteiger partial charge < -0.3 is 15.8 Å². The molecule has 2 aromatic carbocycles. The molecule has 0 spiro atoms. The predicted molar refractivity (Wildman–Crippen MR) is 87.5 cm³/mol. The van der Waals surface area contributed by atoms with Crippen molar-refractivity contribution in [3.05, 3.63) is 66.0 Å². The first-order chi connectivity index (χ1) is 11.0. The second kappa shape index (κ2) is 8.29. The topological polar surface area (TPSA) is 64.4 Å². The van der Waals surface area contributed by atoms with E-state index >= 15 is 0 Å². The summed E-state index contributed by atoms with van der Waals surface area (Å²) in [4.78, 5) is 11.9. The van der Waals surface area contributed by atoms with Crippen LogP contribution in [-0.4, -0.2) is 18.6 Å². The number of rotatable bonds is 7. The van der Waals surface area contributed by atoms with E-state index in [-0.39, 0.29) is 30.3 Å². The lowest BCUT2D eigenvalue weighted by Gasteiger charge is -2.17. The molecule has 4 nitrogen and oxygen atoms in total. The van der Waals surface area contributed by atoms with Gasteiger partial charge >= 0.3 is 0 Å². The van der Waals surface area contributed by atoms with E-state index in [0.717, 1.165) is 5.56 Å². The predicted octanol–water partition coefficient (Wildman–Crippen LogP) is 2.80. The minimum atomic E-state index is -0.354. The fraction of sp³-hybridized carbons (Fsp3) is 0.278. The van der Waals surface area contributed by atoms with Crippen LogP contribution in [0.5, 0.6) is 5.75 Å². The molecule has 3 N–H and O–H groups in total. The molecule has 0 bridgehead atoms. The number of nitrogens with one attached hydrogen (secondary N) is 1. The second-order valence-corrected chi connectivity index (χ2v) is 5.41. The third-order valence-corrected chi connectivity index (χ3v) is 3.35. The highest BCUT2D eigenvalue weighted by molar-refractivity contribution is 5.76. The van der Waals surface area contributed by atoms with Gasteiger partial charge in [0.1, 0.15) is 17.7 Å². The fourth-order valence-electron chi connectivity index (χ4n) is 2.16. The van der Waals surface area contributed by atoms with Crippen LogP contribution in [0.3, 0.4) is 0 Å². The zero-order valence-electron chi connectivity index (χ0n) is 13.0. The highest BCUT2D eigenvalue weighted by Crippen LogP contribution is 2.14. The van der Waals surface area contributed by atoms with Crippen LogP contribution in [0.1, 0.15) is 24.9 Å². The number of nitrogens with two attached hydrogens (primary N) is 1. The molecule has 2 unspecified atom stereocenters. The van der Waals surface area contributed by atoms with Gasteiger partial charge in [0.05, 0.1) is 6.54 Å².